The van der Waals surface area contributed by atoms with E-state index in [0.29, 0.717) is 17.8 Å². The van der Waals surface area contributed by atoms with Crippen LogP contribution in [0.25, 0.3) is 0 Å². The fourth-order valence-corrected chi connectivity index (χ4v) is 3.62. The first-order valence-corrected chi connectivity index (χ1v) is 9.70. The van der Waals surface area contributed by atoms with E-state index in [1.165, 1.54) is 11.3 Å². The van der Waals surface area contributed by atoms with E-state index in [4.69, 9.17) is 17.0 Å². The van der Waals surface area contributed by atoms with Crippen molar-refractivity contribution in [1.29, 1.82) is 0 Å². The van der Waals surface area contributed by atoms with Crippen LogP contribution in [-0.2, 0) is 6.42 Å². The minimum Gasteiger partial charge on any atom is -0.494 e. The second-order valence-corrected chi connectivity index (χ2v) is 6.98. The molecule has 4 nitrogen and oxygen atoms in total. The third-order valence-electron chi connectivity index (χ3n) is 4.63. The van der Waals surface area contributed by atoms with Gasteiger partial charge >= 0.3 is 0 Å². The van der Waals surface area contributed by atoms with Crippen LogP contribution < -0.4 is 20.3 Å². The van der Waals surface area contributed by atoms with Crippen LogP contribution in [0.2, 0.25) is 0 Å². The van der Waals surface area contributed by atoms with E-state index >= 15 is 0 Å². The van der Waals surface area contributed by atoms with E-state index in [9.17, 15) is 0 Å². The molecule has 5 heteroatoms. The Balaban J connectivity index is 1.40. The average Bonchev–Trinajstić information content (AvgIpc) is 2.96. The van der Waals surface area contributed by atoms with Crippen LogP contribution in [0.3, 0.4) is 0 Å². The summed E-state index contributed by atoms with van der Waals surface area (Å²) < 4.78 is 5.45. The molecule has 0 spiro atoms. The van der Waals surface area contributed by atoms with Crippen LogP contribution in [0, 0.1) is 0 Å². The highest BCUT2D eigenvalue weighted by molar-refractivity contribution is 7.80. The van der Waals surface area contributed by atoms with Crippen LogP contribution >= 0.6 is 12.2 Å². The van der Waals surface area contributed by atoms with Crippen molar-refractivity contribution >= 4 is 28.7 Å². The Morgan fingerprint density at radius 1 is 1.19 bits per heavy atom. The first-order valence-electron chi connectivity index (χ1n) is 9.29. The zero-order chi connectivity index (χ0) is 18.4. The van der Waals surface area contributed by atoms with Gasteiger partial charge in [-0.1, -0.05) is 18.2 Å². The number of benzene rings is 2. The molecule has 26 heavy (non-hydrogen) atoms. The maximum atomic E-state index is 5.45. The van der Waals surface area contributed by atoms with Crippen LogP contribution in [0.15, 0.2) is 48.5 Å². The molecule has 2 N–H and O–H groups in total. The number of nitrogens with one attached hydrogen (secondary N) is 2. The van der Waals surface area contributed by atoms with Crippen molar-refractivity contribution in [1.82, 2.24) is 5.32 Å². The molecule has 0 fully saturated rings. The van der Waals surface area contributed by atoms with Gasteiger partial charge in [-0.25, -0.2) is 0 Å². The Morgan fingerprint density at radius 3 is 2.73 bits per heavy atom. The van der Waals surface area contributed by atoms with Crippen molar-refractivity contribution < 1.29 is 4.74 Å². The number of hydrogen-bond donors (Lipinski definition) is 2. The lowest BCUT2D eigenvalue weighted by molar-refractivity contribution is 0.340. The number of fused-ring (bicyclic) bond motifs is 1. The highest BCUT2D eigenvalue weighted by atomic mass is 32.1. The molecule has 2 aromatic rings. The predicted octanol–water partition coefficient (Wildman–Crippen LogP) is 4.21. The fraction of sp³-hybridized carbons (Fsp3) is 0.381. The normalized spacial score (nSPS) is 15.5. The van der Waals surface area contributed by atoms with Crippen LogP contribution in [0.1, 0.15) is 25.8 Å². The molecule has 1 aliphatic rings. The second kappa shape index (κ2) is 8.90. The molecule has 0 aromatic heterocycles. The molecule has 2 aromatic carbocycles. The van der Waals surface area contributed by atoms with Gasteiger partial charge in [-0.3, -0.25) is 0 Å². The molecule has 1 heterocycles. The number of rotatable bonds is 7. The van der Waals surface area contributed by atoms with Gasteiger partial charge in [0.05, 0.1) is 6.61 Å². The standard InChI is InChI=1S/C21H27N3OS/c1-3-25-19-11-9-18(10-12-19)23-21(26)22-13-6-14-24-16(2)15-17-7-4-5-8-20(17)24/h4-5,7-12,16H,3,6,13-15H2,1-2H3,(H2,22,23,26)/t16-/m0/s1. The van der Waals surface area contributed by atoms with Gasteiger partial charge in [0.2, 0.25) is 0 Å². The molecule has 0 saturated carbocycles. The third-order valence-corrected chi connectivity index (χ3v) is 4.88. The van der Waals surface area contributed by atoms with E-state index in [1.54, 1.807) is 0 Å². The minimum absolute atomic E-state index is 0.571. The number of hydrogen-bond acceptors (Lipinski definition) is 3. The summed E-state index contributed by atoms with van der Waals surface area (Å²) in [7, 11) is 0. The first kappa shape index (κ1) is 18.5. The van der Waals surface area contributed by atoms with Crippen molar-refractivity contribution in [2.45, 2.75) is 32.7 Å². The van der Waals surface area contributed by atoms with Gasteiger partial charge in [-0.15, -0.1) is 0 Å². The molecule has 138 valence electrons. The lowest BCUT2D eigenvalue weighted by Gasteiger charge is -2.25. The van der Waals surface area contributed by atoms with Gasteiger partial charge < -0.3 is 20.3 Å². The maximum Gasteiger partial charge on any atom is 0.170 e. The maximum absolute atomic E-state index is 5.45. The highest BCUT2D eigenvalue weighted by Crippen LogP contribution is 2.31. The fourth-order valence-electron chi connectivity index (χ4n) is 3.40. The van der Waals surface area contributed by atoms with Gasteiger partial charge in [0.15, 0.2) is 5.11 Å². The summed E-state index contributed by atoms with van der Waals surface area (Å²) in [4.78, 5) is 2.50. The van der Waals surface area contributed by atoms with Crippen LogP contribution in [0.5, 0.6) is 5.75 Å². The van der Waals surface area contributed by atoms with Crippen LogP contribution in [0.4, 0.5) is 11.4 Å². The van der Waals surface area contributed by atoms with Crippen molar-refractivity contribution in [2.75, 3.05) is 29.9 Å². The van der Waals surface area contributed by atoms with E-state index < -0.39 is 0 Å². The number of thiocarbonyl (C=S) groups is 1. The topological polar surface area (TPSA) is 36.5 Å². The smallest absolute Gasteiger partial charge is 0.170 e. The van der Waals surface area contributed by atoms with E-state index in [2.05, 4.69) is 46.7 Å². The number of nitrogens with zero attached hydrogens (tertiary/aromatic N) is 1. The van der Waals surface area contributed by atoms with Crippen molar-refractivity contribution in [3.63, 3.8) is 0 Å². The van der Waals surface area contributed by atoms with Gasteiger partial charge in [0.1, 0.15) is 5.75 Å². The van der Waals surface area contributed by atoms with Crippen LogP contribution in [-0.4, -0.2) is 30.9 Å². The first-order chi connectivity index (χ1) is 12.7. The highest BCUT2D eigenvalue weighted by Gasteiger charge is 2.24. The molecule has 0 bridgehead atoms. The Morgan fingerprint density at radius 2 is 1.96 bits per heavy atom. The summed E-state index contributed by atoms with van der Waals surface area (Å²) in [6, 6.07) is 17.1. The zero-order valence-electron chi connectivity index (χ0n) is 15.5. The number of ether oxygens (including phenoxy) is 1. The molecule has 0 aliphatic carbocycles. The number of anilines is 2. The van der Waals surface area contributed by atoms with Gasteiger partial charge in [0.25, 0.3) is 0 Å². The summed E-state index contributed by atoms with van der Waals surface area (Å²) in [6.45, 7) is 6.84. The molecule has 0 unspecified atom stereocenters. The zero-order valence-corrected chi connectivity index (χ0v) is 16.3. The van der Waals surface area contributed by atoms with Crippen molar-refractivity contribution in [3.8, 4) is 5.75 Å². The summed E-state index contributed by atoms with van der Waals surface area (Å²) in [6.07, 6.45) is 2.19. The molecule has 3 rings (SSSR count). The monoisotopic (exact) mass is 369 g/mol. The quantitative estimate of drug-likeness (QED) is 0.565. The van der Waals surface area contributed by atoms with Crippen molar-refractivity contribution in [2.24, 2.45) is 0 Å². The second-order valence-electron chi connectivity index (χ2n) is 6.57. The average molecular weight is 370 g/mol. The molecular formula is C21H27N3OS. The minimum atomic E-state index is 0.571. The van der Waals surface area contributed by atoms with Gasteiger partial charge in [0, 0.05) is 30.5 Å². The third kappa shape index (κ3) is 4.67. The molecular weight excluding hydrogens is 342 g/mol. The Labute approximate surface area is 161 Å². The predicted molar refractivity (Wildman–Crippen MR) is 113 cm³/mol. The molecule has 0 amide bonds. The summed E-state index contributed by atoms with van der Waals surface area (Å²) in [5, 5.41) is 7.17. The SMILES string of the molecule is CCOc1ccc(NC(=S)NCCCN2c3ccccc3C[C@@H]2C)cc1. The summed E-state index contributed by atoms with van der Waals surface area (Å²) in [5.74, 6) is 0.872. The molecule has 1 atom stereocenters. The lowest BCUT2D eigenvalue weighted by atomic mass is 10.1. The Kier molecular flexibility index (Phi) is 6.34. The molecule has 0 saturated heterocycles. The van der Waals surface area contributed by atoms with E-state index in [-0.39, 0.29) is 0 Å². The van der Waals surface area contributed by atoms with Gasteiger partial charge in [-0.2, -0.15) is 0 Å². The van der Waals surface area contributed by atoms with Crippen molar-refractivity contribution in [3.05, 3.63) is 54.1 Å². The van der Waals surface area contributed by atoms with E-state index in [1.807, 2.05) is 31.2 Å². The number of para-hydroxylation sites is 1. The largest absolute Gasteiger partial charge is 0.494 e. The summed E-state index contributed by atoms with van der Waals surface area (Å²) >= 11 is 5.39. The molecule has 0 radical (unpaired) electrons. The van der Waals surface area contributed by atoms with E-state index in [0.717, 1.165) is 37.4 Å². The Bertz CT molecular complexity index is 732. The lowest BCUT2D eigenvalue weighted by Crippen LogP contribution is -2.34. The Hall–Kier alpha value is -2.27. The summed E-state index contributed by atoms with van der Waals surface area (Å²) in [5.41, 5.74) is 3.81. The molecule has 1 aliphatic heterocycles. The van der Waals surface area contributed by atoms with Gasteiger partial charge in [-0.05, 0) is 74.8 Å².